The molecular formula is C11H12N2O. The van der Waals surface area contributed by atoms with Crippen LogP contribution in [0.25, 0.3) is 10.9 Å². The molecule has 1 N–H and O–H groups in total. The number of carbonyl (C=O) groups excluding carboxylic acids is 1. The maximum Gasteiger partial charge on any atom is 0.227 e. The summed E-state index contributed by atoms with van der Waals surface area (Å²) in [5, 5.41) is 4.13. The average molecular weight is 188 g/mol. The smallest absolute Gasteiger partial charge is 0.227 e. The Kier molecular flexibility index (Phi) is 2.00. The van der Waals surface area contributed by atoms with Crippen molar-refractivity contribution in [1.29, 1.82) is 0 Å². The van der Waals surface area contributed by atoms with E-state index in [9.17, 15) is 4.79 Å². The van der Waals surface area contributed by atoms with Crippen molar-refractivity contribution in [3.8, 4) is 0 Å². The van der Waals surface area contributed by atoms with E-state index in [0.29, 0.717) is 0 Å². The second kappa shape index (κ2) is 3.18. The Labute approximate surface area is 82.3 Å². The molecule has 0 atom stereocenters. The van der Waals surface area contributed by atoms with E-state index in [0.717, 1.165) is 16.6 Å². The van der Waals surface area contributed by atoms with Gasteiger partial charge in [-0.2, -0.15) is 0 Å². The Hall–Kier alpha value is -1.77. The van der Waals surface area contributed by atoms with Crippen LogP contribution in [0.3, 0.4) is 0 Å². The monoisotopic (exact) mass is 188 g/mol. The van der Waals surface area contributed by atoms with Gasteiger partial charge in [0.2, 0.25) is 5.91 Å². The first-order chi connectivity index (χ1) is 6.72. The maximum absolute atomic E-state index is 11.3. The lowest BCUT2D eigenvalue weighted by Gasteiger charge is -2.02. The van der Waals surface area contributed by atoms with E-state index >= 15 is 0 Å². The van der Waals surface area contributed by atoms with Gasteiger partial charge in [-0.15, -0.1) is 0 Å². The molecule has 0 aliphatic heterocycles. The van der Waals surface area contributed by atoms with Crippen LogP contribution in [0.1, 0.15) is 11.7 Å². The minimum Gasteiger partial charge on any atom is -0.388 e. The van der Waals surface area contributed by atoms with Gasteiger partial charge in [0.05, 0.1) is 5.52 Å². The molecule has 0 saturated heterocycles. The summed E-state index contributed by atoms with van der Waals surface area (Å²) in [5.74, 6) is 0.0354. The maximum atomic E-state index is 11.3. The first-order valence-corrected chi connectivity index (χ1v) is 4.52. The number of carbonyl (C=O) groups is 1. The van der Waals surface area contributed by atoms with Crippen molar-refractivity contribution in [1.82, 2.24) is 4.57 Å². The van der Waals surface area contributed by atoms with Gasteiger partial charge < -0.3 is 5.32 Å². The highest BCUT2D eigenvalue weighted by molar-refractivity contribution is 5.93. The Balaban J connectivity index is 2.69. The first kappa shape index (κ1) is 8.81. The molecule has 3 heteroatoms. The van der Waals surface area contributed by atoms with Crippen LogP contribution in [0.15, 0.2) is 30.5 Å². The third-order valence-corrected chi connectivity index (χ3v) is 2.32. The average Bonchev–Trinajstić information content (AvgIpc) is 2.59. The molecule has 2 aromatic rings. The molecule has 1 heterocycles. The minimum absolute atomic E-state index is 0.0354. The van der Waals surface area contributed by atoms with Gasteiger partial charge in [-0.05, 0) is 18.2 Å². The Morgan fingerprint density at radius 3 is 2.79 bits per heavy atom. The lowest BCUT2D eigenvalue weighted by molar-refractivity contribution is 0.0941. The van der Waals surface area contributed by atoms with Crippen LogP contribution in [-0.2, 0) is 0 Å². The van der Waals surface area contributed by atoms with Gasteiger partial charge in [-0.3, -0.25) is 9.36 Å². The molecular weight excluding hydrogens is 176 g/mol. The highest BCUT2D eigenvalue weighted by atomic mass is 16.1. The number of nitrogens with zero attached hydrogens (tertiary/aromatic N) is 1. The molecule has 0 amide bonds. The van der Waals surface area contributed by atoms with E-state index in [2.05, 4.69) is 5.32 Å². The Bertz CT molecular complexity index is 485. The fourth-order valence-corrected chi connectivity index (χ4v) is 1.56. The quantitative estimate of drug-likeness (QED) is 0.745. The summed E-state index contributed by atoms with van der Waals surface area (Å²) in [5.41, 5.74) is 1.96. The summed E-state index contributed by atoms with van der Waals surface area (Å²) in [6.45, 7) is 1.56. The van der Waals surface area contributed by atoms with Crippen molar-refractivity contribution < 1.29 is 4.79 Å². The lowest BCUT2D eigenvalue weighted by atomic mass is 10.2. The van der Waals surface area contributed by atoms with Crippen molar-refractivity contribution in [2.24, 2.45) is 0 Å². The topological polar surface area (TPSA) is 34.0 Å². The predicted octanol–water partition coefficient (Wildman–Crippen LogP) is 2.34. The second-order valence-corrected chi connectivity index (χ2v) is 3.23. The van der Waals surface area contributed by atoms with Gasteiger partial charge in [0, 0.05) is 31.2 Å². The molecule has 72 valence electrons. The number of hydrogen-bond donors (Lipinski definition) is 1. The van der Waals surface area contributed by atoms with Crippen LogP contribution in [-0.4, -0.2) is 17.5 Å². The molecule has 0 radical (unpaired) electrons. The molecule has 14 heavy (non-hydrogen) atoms. The van der Waals surface area contributed by atoms with Gasteiger partial charge in [0.25, 0.3) is 0 Å². The molecule has 3 nitrogen and oxygen atoms in total. The molecule has 2 rings (SSSR count). The zero-order valence-corrected chi connectivity index (χ0v) is 8.24. The lowest BCUT2D eigenvalue weighted by Crippen LogP contribution is -2.03. The van der Waals surface area contributed by atoms with Crippen LogP contribution in [0, 0.1) is 0 Å². The summed E-state index contributed by atoms with van der Waals surface area (Å²) < 4.78 is 1.65. The van der Waals surface area contributed by atoms with Gasteiger partial charge >= 0.3 is 0 Å². The van der Waals surface area contributed by atoms with Crippen molar-refractivity contribution in [2.45, 2.75) is 6.92 Å². The van der Waals surface area contributed by atoms with E-state index in [4.69, 9.17) is 0 Å². The van der Waals surface area contributed by atoms with Crippen molar-refractivity contribution >= 4 is 22.5 Å². The minimum atomic E-state index is 0.0354. The van der Waals surface area contributed by atoms with E-state index in [1.807, 2.05) is 31.3 Å². The highest BCUT2D eigenvalue weighted by Crippen LogP contribution is 2.19. The molecule has 1 aromatic heterocycles. The Morgan fingerprint density at radius 1 is 1.36 bits per heavy atom. The van der Waals surface area contributed by atoms with Gasteiger partial charge in [0.1, 0.15) is 0 Å². The number of rotatable bonds is 1. The molecule has 0 aliphatic carbocycles. The van der Waals surface area contributed by atoms with Crippen LogP contribution in [0.4, 0.5) is 5.69 Å². The van der Waals surface area contributed by atoms with E-state index in [1.165, 1.54) is 0 Å². The second-order valence-electron chi connectivity index (χ2n) is 3.23. The standard InChI is InChI=1S/C11H12N2O/c1-8(14)13-6-5-9-3-4-10(12-2)7-11(9)13/h3-7,12H,1-2H3. The number of benzene rings is 1. The van der Waals surface area contributed by atoms with Crippen LogP contribution < -0.4 is 5.32 Å². The molecule has 0 aliphatic rings. The van der Waals surface area contributed by atoms with Crippen LogP contribution in [0.5, 0.6) is 0 Å². The molecule has 0 spiro atoms. The summed E-state index contributed by atoms with van der Waals surface area (Å²) in [7, 11) is 1.86. The summed E-state index contributed by atoms with van der Waals surface area (Å²) >= 11 is 0. The van der Waals surface area contributed by atoms with Crippen LogP contribution >= 0.6 is 0 Å². The SMILES string of the molecule is CNc1ccc2ccn(C(C)=O)c2c1. The van der Waals surface area contributed by atoms with E-state index < -0.39 is 0 Å². The summed E-state index contributed by atoms with van der Waals surface area (Å²) in [6.07, 6.45) is 1.80. The predicted molar refractivity (Wildman–Crippen MR) is 57.8 cm³/mol. The molecule has 0 unspecified atom stereocenters. The zero-order valence-electron chi connectivity index (χ0n) is 8.24. The highest BCUT2D eigenvalue weighted by Gasteiger charge is 2.04. The van der Waals surface area contributed by atoms with E-state index in [-0.39, 0.29) is 5.91 Å². The number of anilines is 1. The molecule has 1 aromatic carbocycles. The molecule has 0 bridgehead atoms. The normalized spacial score (nSPS) is 10.4. The summed E-state index contributed by atoms with van der Waals surface area (Å²) in [6, 6.07) is 7.90. The van der Waals surface area contributed by atoms with Crippen LogP contribution in [0.2, 0.25) is 0 Å². The van der Waals surface area contributed by atoms with E-state index in [1.54, 1.807) is 17.7 Å². The Morgan fingerprint density at radius 2 is 2.14 bits per heavy atom. The third kappa shape index (κ3) is 1.27. The van der Waals surface area contributed by atoms with Gasteiger partial charge in [-0.25, -0.2) is 0 Å². The fourth-order valence-electron chi connectivity index (χ4n) is 1.56. The van der Waals surface area contributed by atoms with Gasteiger partial charge in [-0.1, -0.05) is 6.07 Å². The molecule has 0 saturated carbocycles. The number of aromatic nitrogens is 1. The summed E-state index contributed by atoms with van der Waals surface area (Å²) in [4.78, 5) is 11.3. The van der Waals surface area contributed by atoms with Crippen molar-refractivity contribution in [3.63, 3.8) is 0 Å². The number of hydrogen-bond acceptors (Lipinski definition) is 2. The third-order valence-electron chi connectivity index (χ3n) is 2.32. The van der Waals surface area contributed by atoms with Gasteiger partial charge in [0.15, 0.2) is 0 Å². The van der Waals surface area contributed by atoms with Crippen molar-refractivity contribution in [2.75, 3.05) is 12.4 Å². The number of fused-ring (bicyclic) bond motifs is 1. The zero-order chi connectivity index (χ0) is 10.1. The largest absolute Gasteiger partial charge is 0.388 e. The first-order valence-electron chi connectivity index (χ1n) is 4.52. The van der Waals surface area contributed by atoms with Crippen molar-refractivity contribution in [3.05, 3.63) is 30.5 Å². The fraction of sp³-hybridized carbons (Fsp3) is 0.182. The molecule has 0 fully saturated rings. The number of nitrogens with one attached hydrogen (secondary N) is 1.